The fourth-order valence-electron chi connectivity index (χ4n) is 2.62. The van der Waals surface area contributed by atoms with Crippen LogP contribution >= 0.6 is 11.3 Å². The van der Waals surface area contributed by atoms with Gasteiger partial charge >= 0.3 is 11.8 Å². The lowest BCUT2D eigenvalue weighted by atomic mass is 10.1. The molecule has 1 amide bonds. The molecule has 0 fully saturated rings. The van der Waals surface area contributed by atoms with Crippen molar-refractivity contribution in [1.29, 1.82) is 5.41 Å². The maximum Gasteiger partial charge on any atom is 0.316 e. The molecule has 0 unspecified atom stereocenters. The van der Waals surface area contributed by atoms with Gasteiger partial charge in [-0.1, -0.05) is 29.4 Å². The lowest BCUT2D eigenvalue weighted by molar-refractivity contribution is 0.0907. The molecule has 0 spiro atoms. The molecule has 1 aromatic carbocycles. The molecule has 3 N–H and O–H groups in total. The van der Waals surface area contributed by atoms with Crippen LogP contribution in [0.25, 0.3) is 28.7 Å². The van der Waals surface area contributed by atoms with Gasteiger partial charge in [-0.3, -0.25) is 4.79 Å². The number of rotatable bonds is 7. The maximum absolute atomic E-state index is 12.2. The van der Waals surface area contributed by atoms with E-state index in [1.165, 1.54) is 6.21 Å². The van der Waals surface area contributed by atoms with Gasteiger partial charge in [-0.15, -0.1) is 11.3 Å². The fourth-order valence-corrected chi connectivity index (χ4v) is 3.27. The summed E-state index contributed by atoms with van der Waals surface area (Å²) in [5.74, 6) is 0.488. The zero-order valence-electron chi connectivity index (χ0n) is 15.1. The molecule has 0 saturated carbocycles. The van der Waals surface area contributed by atoms with Gasteiger partial charge in [0.1, 0.15) is 5.82 Å². The Kier molecular flexibility index (Phi) is 5.39. The van der Waals surface area contributed by atoms with Crippen molar-refractivity contribution in [2.45, 2.75) is 6.54 Å². The number of carbonyl (C=O) groups excluding carboxylic acids is 1. The lowest BCUT2D eigenvalue weighted by Crippen LogP contribution is -2.22. The monoisotopic (exact) mass is 404 g/mol. The Balaban J connectivity index is 1.50. The van der Waals surface area contributed by atoms with Gasteiger partial charge < -0.3 is 20.2 Å². The van der Waals surface area contributed by atoms with E-state index in [9.17, 15) is 4.79 Å². The number of benzene rings is 1. The average molecular weight is 404 g/mol. The molecule has 3 heterocycles. The van der Waals surface area contributed by atoms with Crippen LogP contribution in [0.2, 0.25) is 0 Å². The second-order valence-electron chi connectivity index (χ2n) is 5.97. The molecule has 9 heteroatoms. The standard InChI is InChI=1S/C20H16N6O2S/c21-8-2-7-17-22-12-16(24-17)13-4-1-5-14(10-13)18-25-20(28-26-18)19(27)23-11-15-6-3-9-29-15/h1-10,12,21H,11H2,(H,22,24)(H,23,27). The molecule has 0 saturated heterocycles. The average Bonchev–Trinajstić information content (AvgIpc) is 3.52. The summed E-state index contributed by atoms with van der Waals surface area (Å²) >= 11 is 1.56. The van der Waals surface area contributed by atoms with E-state index in [2.05, 4.69) is 25.4 Å². The first-order chi connectivity index (χ1) is 14.2. The van der Waals surface area contributed by atoms with Crippen LogP contribution in [-0.2, 0) is 6.54 Å². The molecule has 0 bridgehead atoms. The van der Waals surface area contributed by atoms with E-state index in [0.29, 0.717) is 18.2 Å². The third-order valence-electron chi connectivity index (χ3n) is 4.00. The summed E-state index contributed by atoms with van der Waals surface area (Å²) in [6, 6.07) is 11.4. The van der Waals surface area contributed by atoms with Crippen LogP contribution < -0.4 is 5.32 Å². The SMILES string of the molecule is N=CC=Cc1ncc(-c2cccc(-c3noc(C(=O)NCc4cccs4)n3)c2)[nH]1. The molecular formula is C20H16N6O2S. The molecule has 8 nitrogen and oxygen atoms in total. The van der Waals surface area contributed by atoms with Crippen LogP contribution in [0.3, 0.4) is 0 Å². The van der Waals surface area contributed by atoms with Gasteiger partial charge in [0.05, 0.1) is 18.4 Å². The number of aromatic nitrogens is 4. The summed E-state index contributed by atoms with van der Waals surface area (Å²) in [7, 11) is 0. The number of allylic oxidation sites excluding steroid dienone is 1. The van der Waals surface area contributed by atoms with Gasteiger partial charge in [-0.25, -0.2) is 4.98 Å². The first-order valence-corrected chi connectivity index (χ1v) is 9.58. The summed E-state index contributed by atoms with van der Waals surface area (Å²) in [5.41, 5.74) is 2.42. The van der Waals surface area contributed by atoms with Gasteiger partial charge in [-0.2, -0.15) is 4.98 Å². The topological polar surface area (TPSA) is 121 Å². The lowest BCUT2D eigenvalue weighted by Gasteiger charge is -2.00. The van der Waals surface area contributed by atoms with Gasteiger partial charge in [0, 0.05) is 22.2 Å². The molecule has 29 heavy (non-hydrogen) atoms. The predicted octanol–water partition coefficient (Wildman–Crippen LogP) is 3.78. The van der Waals surface area contributed by atoms with E-state index in [1.54, 1.807) is 29.7 Å². The Morgan fingerprint density at radius 1 is 1.28 bits per heavy atom. The zero-order chi connectivity index (χ0) is 20.1. The molecular weight excluding hydrogens is 388 g/mol. The smallest absolute Gasteiger partial charge is 0.316 e. The number of aromatic amines is 1. The van der Waals surface area contributed by atoms with E-state index >= 15 is 0 Å². The van der Waals surface area contributed by atoms with Gasteiger partial charge in [-0.05, 0) is 29.7 Å². The minimum atomic E-state index is -0.413. The minimum Gasteiger partial charge on any atom is -0.343 e. The number of amides is 1. The van der Waals surface area contributed by atoms with Crippen LogP contribution in [0.5, 0.6) is 0 Å². The van der Waals surface area contributed by atoms with Crippen LogP contribution in [0, 0.1) is 5.41 Å². The number of carbonyl (C=O) groups is 1. The Morgan fingerprint density at radius 3 is 3.00 bits per heavy atom. The van der Waals surface area contributed by atoms with Gasteiger partial charge in [0.25, 0.3) is 0 Å². The Hall–Kier alpha value is -3.85. The Morgan fingerprint density at radius 2 is 2.17 bits per heavy atom. The molecule has 144 valence electrons. The summed E-state index contributed by atoms with van der Waals surface area (Å²) in [6.45, 7) is 0.415. The fraction of sp³-hybridized carbons (Fsp3) is 0.0500. The maximum atomic E-state index is 12.2. The number of nitrogens with one attached hydrogen (secondary N) is 3. The third-order valence-corrected chi connectivity index (χ3v) is 4.88. The number of nitrogens with zero attached hydrogens (tertiary/aromatic N) is 3. The highest BCUT2D eigenvalue weighted by Gasteiger charge is 2.16. The van der Waals surface area contributed by atoms with Crippen LogP contribution in [0.1, 0.15) is 21.4 Å². The second-order valence-corrected chi connectivity index (χ2v) is 7.01. The first kappa shape index (κ1) is 18.5. The minimum absolute atomic E-state index is 0.0810. The summed E-state index contributed by atoms with van der Waals surface area (Å²) in [4.78, 5) is 24.9. The predicted molar refractivity (Wildman–Crippen MR) is 111 cm³/mol. The molecule has 4 aromatic rings. The normalized spacial score (nSPS) is 11.0. The Bertz CT molecular complexity index is 1160. The number of thiophene rings is 1. The van der Waals surface area contributed by atoms with Crippen molar-refractivity contribution in [1.82, 2.24) is 25.4 Å². The molecule has 0 radical (unpaired) electrons. The van der Waals surface area contributed by atoms with Crippen molar-refractivity contribution >= 4 is 29.5 Å². The van der Waals surface area contributed by atoms with E-state index in [0.717, 1.165) is 21.7 Å². The number of hydrogen-bond donors (Lipinski definition) is 3. The molecule has 0 aliphatic rings. The molecule has 0 atom stereocenters. The summed E-state index contributed by atoms with van der Waals surface area (Å²) in [6.07, 6.45) is 6.19. The van der Waals surface area contributed by atoms with Crippen molar-refractivity contribution < 1.29 is 9.32 Å². The first-order valence-electron chi connectivity index (χ1n) is 8.70. The van der Waals surface area contributed by atoms with Crippen molar-refractivity contribution in [3.8, 4) is 22.6 Å². The van der Waals surface area contributed by atoms with Crippen molar-refractivity contribution in [2.24, 2.45) is 0 Å². The molecule has 0 aliphatic carbocycles. The van der Waals surface area contributed by atoms with Gasteiger partial charge in [0.2, 0.25) is 5.82 Å². The Labute approximate surface area is 169 Å². The highest BCUT2D eigenvalue weighted by Crippen LogP contribution is 2.24. The zero-order valence-corrected chi connectivity index (χ0v) is 15.9. The largest absolute Gasteiger partial charge is 0.343 e. The van der Waals surface area contributed by atoms with E-state index < -0.39 is 5.91 Å². The summed E-state index contributed by atoms with van der Waals surface area (Å²) < 4.78 is 5.12. The second kappa shape index (κ2) is 8.44. The number of hydrogen-bond acceptors (Lipinski definition) is 7. The van der Waals surface area contributed by atoms with Crippen molar-refractivity contribution in [3.05, 3.63) is 70.6 Å². The number of H-pyrrole nitrogens is 1. The number of imidazole rings is 1. The highest BCUT2D eigenvalue weighted by molar-refractivity contribution is 7.09. The van der Waals surface area contributed by atoms with Crippen LogP contribution in [0.15, 0.2) is 58.6 Å². The molecule has 0 aliphatic heterocycles. The third kappa shape index (κ3) is 4.36. The quantitative estimate of drug-likeness (QED) is 0.405. The van der Waals surface area contributed by atoms with Crippen LogP contribution in [-0.4, -0.2) is 32.2 Å². The molecule has 4 rings (SSSR count). The summed E-state index contributed by atoms with van der Waals surface area (Å²) in [5, 5.41) is 15.7. The molecule has 3 aromatic heterocycles. The van der Waals surface area contributed by atoms with Crippen molar-refractivity contribution in [3.63, 3.8) is 0 Å². The van der Waals surface area contributed by atoms with Crippen LogP contribution in [0.4, 0.5) is 0 Å². The van der Waals surface area contributed by atoms with E-state index in [4.69, 9.17) is 9.93 Å². The van der Waals surface area contributed by atoms with E-state index in [-0.39, 0.29) is 5.89 Å². The van der Waals surface area contributed by atoms with E-state index in [1.807, 2.05) is 41.8 Å². The highest BCUT2D eigenvalue weighted by atomic mass is 32.1. The van der Waals surface area contributed by atoms with Gasteiger partial charge in [0.15, 0.2) is 0 Å². The van der Waals surface area contributed by atoms with Crippen molar-refractivity contribution in [2.75, 3.05) is 0 Å².